The molecule has 0 spiro atoms. The highest BCUT2D eigenvalue weighted by Crippen LogP contribution is 2.27. The molecule has 1 aromatic heterocycles. The topological polar surface area (TPSA) is 37.9 Å². The summed E-state index contributed by atoms with van der Waals surface area (Å²) >= 11 is 3.39. The molecule has 0 aliphatic rings. The lowest BCUT2D eigenvalue weighted by atomic mass is 10.2. The van der Waals surface area contributed by atoms with Crippen molar-refractivity contribution in [2.75, 3.05) is 7.11 Å². The predicted octanol–water partition coefficient (Wildman–Crippen LogP) is 2.33. The Morgan fingerprint density at radius 1 is 1.50 bits per heavy atom. The second-order valence-corrected chi connectivity index (χ2v) is 3.36. The quantitative estimate of drug-likeness (QED) is 0.811. The van der Waals surface area contributed by atoms with Crippen LogP contribution >= 0.6 is 15.9 Å². The van der Waals surface area contributed by atoms with Gasteiger partial charge in [-0.25, -0.2) is 0 Å². The minimum atomic E-state index is 0.803. The van der Waals surface area contributed by atoms with E-state index in [1.807, 2.05) is 12.1 Å². The third kappa shape index (κ3) is 1.08. The highest BCUT2D eigenvalue weighted by molar-refractivity contribution is 9.10. The third-order valence-electron chi connectivity index (χ3n) is 1.70. The summed E-state index contributed by atoms with van der Waals surface area (Å²) < 4.78 is 6.16. The molecule has 12 heavy (non-hydrogen) atoms. The van der Waals surface area contributed by atoms with Gasteiger partial charge in [-0.2, -0.15) is 5.10 Å². The molecule has 0 fully saturated rings. The Morgan fingerprint density at radius 3 is 3.08 bits per heavy atom. The van der Waals surface area contributed by atoms with E-state index in [2.05, 4.69) is 26.1 Å². The molecular weight excluding hydrogens is 220 g/mol. The first-order valence-corrected chi connectivity index (χ1v) is 4.27. The van der Waals surface area contributed by atoms with E-state index in [4.69, 9.17) is 4.74 Å². The summed E-state index contributed by atoms with van der Waals surface area (Å²) in [7, 11) is 1.64. The van der Waals surface area contributed by atoms with Crippen LogP contribution in [0.2, 0.25) is 0 Å². The van der Waals surface area contributed by atoms with E-state index in [-0.39, 0.29) is 0 Å². The van der Waals surface area contributed by atoms with Crippen molar-refractivity contribution in [1.29, 1.82) is 0 Å². The molecule has 2 rings (SSSR count). The van der Waals surface area contributed by atoms with Crippen LogP contribution in [0.3, 0.4) is 0 Å². The third-order valence-corrected chi connectivity index (χ3v) is 2.16. The van der Waals surface area contributed by atoms with Crippen LogP contribution in [0.15, 0.2) is 22.8 Å². The van der Waals surface area contributed by atoms with Crippen molar-refractivity contribution in [1.82, 2.24) is 10.2 Å². The van der Waals surface area contributed by atoms with Crippen molar-refractivity contribution >= 4 is 26.8 Å². The number of aromatic nitrogens is 2. The zero-order valence-corrected chi connectivity index (χ0v) is 8.05. The molecule has 4 heteroatoms. The lowest BCUT2D eigenvalue weighted by Crippen LogP contribution is -1.84. The number of methoxy groups -OCH3 is 1. The highest BCUT2D eigenvalue weighted by atomic mass is 79.9. The molecule has 0 amide bonds. The van der Waals surface area contributed by atoms with Gasteiger partial charge in [-0.1, -0.05) is 15.9 Å². The normalized spacial score (nSPS) is 10.5. The summed E-state index contributed by atoms with van der Waals surface area (Å²) in [5.41, 5.74) is 0.931. The largest absolute Gasteiger partial charge is 0.494 e. The van der Waals surface area contributed by atoms with Gasteiger partial charge in [0.05, 0.1) is 13.3 Å². The fraction of sp³-hybridized carbons (Fsp3) is 0.125. The van der Waals surface area contributed by atoms with E-state index in [9.17, 15) is 0 Å². The van der Waals surface area contributed by atoms with Gasteiger partial charge in [0.1, 0.15) is 11.3 Å². The molecular formula is C8H7BrN2O. The second kappa shape index (κ2) is 2.79. The molecule has 1 N–H and O–H groups in total. The van der Waals surface area contributed by atoms with Crippen molar-refractivity contribution in [3.8, 4) is 5.75 Å². The number of aromatic amines is 1. The number of nitrogens with one attached hydrogen (secondary N) is 1. The molecule has 0 atom stereocenters. The number of ether oxygens (including phenoxy) is 1. The minimum Gasteiger partial charge on any atom is -0.494 e. The number of nitrogens with zero attached hydrogens (tertiary/aromatic N) is 1. The molecule has 1 aromatic carbocycles. The van der Waals surface area contributed by atoms with Gasteiger partial charge >= 0.3 is 0 Å². The number of rotatable bonds is 1. The van der Waals surface area contributed by atoms with Crippen LogP contribution in [0.1, 0.15) is 0 Å². The van der Waals surface area contributed by atoms with E-state index in [0.717, 1.165) is 21.1 Å². The maximum Gasteiger partial charge on any atom is 0.145 e. The van der Waals surface area contributed by atoms with Gasteiger partial charge in [0, 0.05) is 9.86 Å². The van der Waals surface area contributed by atoms with Crippen molar-refractivity contribution in [2.45, 2.75) is 0 Å². The summed E-state index contributed by atoms with van der Waals surface area (Å²) in [5.74, 6) is 0.803. The Kier molecular flexibility index (Phi) is 1.77. The first-order valence-electron chi connectivity index (χ1n) is 3.48. The number of hydrogen-bond donors (Lipinski definition) is 1. The van der Waals surface area contributed by atoms with Gasteiger partial charge in [-0.05, 0) is 12.1 Å². The summed E-state index contributed by atoms with van der Waals surface area (Å²) in [6, 6.07) is 3.89. The summed E-state index contributed by atoms with van der Waals surface area (Å²) in [6.45, 7) is 0. The zero-order chi connectivity index (χ0) is 8.55. The predicted molar refractivity (Wildman–Crippen MR) is 50.3 cm³/mol. The molecule has 0 unspecified atom stereocenters. The van der Waals surface area contributed by atoms with Crippen LogP contribution in [-0.2, 0) is 0 Å². The van der Waals surface area contributed by atoms with Gasteiger partial charge in [0.15, 0.2) is 0 Å². The summed E-state index contributed by atoms with van der Waals surface area (Å²) in [6.07, 6.45) is 1.77. The molecule has 0 radical (unpaired) electrons. The van der Waals surface area contributed by atoms with Crippen molar-refractivity contribution in [3.63, 3.8) is 0 Å². The SMILES string of the molecule is COc1cc(Br)cc2cn[nH]c12. The first kappa shape index (κ1) is 7.61. The molecule has 0 bridgehead atoms. The Morgan fingerprint density at radius 2 is 2.33 bits per heavy atom. The van der Waals surface area contributed by atoms with Crippen LogP contribution in [0.4, 0.5) is 0 Å². The van der Waals surface area contributed by atoms with E-state index < -0.39 is 0 Å². The molecule has 0 aliphatic heterocycles. The Balaban J connectivity index is 2.80. The Bertz CT molecular complexity index is 410. The van der Waals surface area contributed by atoms with Gasteiger partial charge in [-0.15, -0.1) is 0 Å². The monoisotopic (exact) mass is 226 g/mol. The average molecular weight is 227 g/mol. The number of fused-ring (bicyclic) bond motifs is 1. The van der Waals surface area contributed by atoms with E-state index in [1.54, 1.807) is 13.3 Å². The molecule has 0 saturated carbocycles. The van der Waals surface area contributed by atoms with E-state index in [1.165, 1.54) is 0 Å². The van der Waals surface area contributed by atoms with E-state index in [0.29, 0.717) is 0 Å². The molecule has 62 valence electrons. The van der Waals surface area contributed by atoms with Crippen LogP contribution in [0, 0.1) is 0 Å². The van der Waals surface area contributed by atoms with Crippen molar-refractivity contribution in [3.05, 3.63) is 22.8 Å². The second-order valence-electron chi connectivity index (χ2n) is 2.44. The maximum atomic E-state index is 5.17. The maximum absolute atomic E-state index is 5.17. The van der Waals surface area contributed by atoms with Crippen LogP contribution in [-0.4, -0.2) is 17.3 Å². The Labute approximate surface area is 77.9 Å². The van der Waals surface area contributed by atoms with Gasteiger partial charge in [0.2, 0.25) is 0 Å². The summed E-state index contributed by atoms with van der Waals surface area (Å²) in [4.78, 5) is 0. The first-order chi connectivity index (χ1) is 5.81. The lowest BCUT2D eigenvalue weighted by molar-refractivity contribution is 0.418. The van der Waals surface area contributed by atoms with Gasteiger partial charge < -0.3 is 4.74 Å². The van der Waals surface area contributed by atoms with E-state index >= 15 is 0 Å². The molecule has 1 heterocycles. The molecule has 2 aromatic rings. The van der Waals surface area contributed by atoms with Gasteiger partial charge in [0.25, 0.3) is 0 Å². The average Bonchev–Trinajstić information content (AvgIpc) is 2.50. The molecule has 0 aliphatic carbocycles. The Hall–Kier alpha value is -1.03. The molecule has 0 saturated heterocycles. The number of H-pyrrole nitrogens is 1. The van der Waals surface area contributed by atoms with Crippen LogP contribution < -0.4 is 4.74 Å². The standard InChI is InChI=1S/C8H7BrN2O/c1-12-7-3-6(9)2-5-4-10-11-8(5)7/h2-4H,1H3,(H,10,11). The summed E-state index contributed by atoms with van der Waals surface area (Å²) in [5, 5.41) is 7.84. The number of benzene rings is 1. The van der Waals surface area contributed by atoms with Crippen molar-refractivity contribution < 1.29 is 4.74 Å². The molecule has 3 nitrogen and oxygen atoms in total. The number of hydrogen-bond acceptors (Lipinski definition) is 2. The smallest absolute Gasteiger partial charge is 0.145 e. The zero-order valence-electron chi connectivity index (χ0n) is 6.47. The number of halogens is 1. The highest BCUT2D eigenvalue weighted by Gasteiger charge is 2.03. The fourth-order valence-electron chi connectivity index (χ4n) is 1.15. The van der Waals surface area contributed by atoms with Crippen LogP contribution in [0.25, 0.3) is 10.9 Å². The lowest BCUT2D eigenvalue weighted by Gasteiger charge is -2.00. The van der Waals surface area contributed by atoms with Crippen LogP contribution in [0.5, 0.6) is 5.75 Å². The van der Waals surface area contributed by atoms with Gasteiger partial charge in [-0.3, -0.25) is 5.10 Å². The minimum absolute atomic E-state index is 0.803. The van der Waals surface area contributed by atoms with Crippen molar-refractivity contribution in [2.24, 2.45) is 0 Å². The fourth-order valence-corrected chi connectivity index (χ4v) is 1.61.